The molecule has 12 heteroatoms. The van der Waals surface area contributed by atoms with Crippen LogP contribution < -0.4 is 27.4 Å². The summed E-state index contributed by atoms with van der Waals surface area (Å²) >= 11 is 0. The number of hydrogen-bond acceptors (Lipinski definition) is 8. The first kappa shape index (κ1) is 27.7. The van der Waals surface area contributed by atoms with Gasteiger partial charge in [0.15, 0.2) is 0 Å². The van der Waals surface area contributed by atoms with Gasteiger partial charge in [0.25, 0.3) is 0 Å². The van der Waals surface area contributed by atoms with Gasteiger partial charge < -0.3 is 42.7 Å². The van der Waals surface area contributed by atoms with Crippen LogP contribution in [0.2, 0.25) is 0 Å². The Morgan fingerprint density at radius 1 is 0.900 bits per heavy atom. The van der Waals surface area contributed by atoms with Crippen LogP contribution in [0, 0.1) is 5.92 Å². The molecule has 174 valence electrons. The van der Waals surface area contributed by atoms with Gasteiger partial charge in [0.2, 0.25) is 17.7 Å². The first-order chi connectivity index (χ1) is 14.0. The Labute approximate surface area is 175 Å². The largest absolute Gasteiger partial charge is 0.480 e. The van der Waals surface area contributed by atoms with Crippen LogP contribution in [0.4, 0.5) is 0 Å². The van der Waals surface area contributed by atoms with Gasteiger partial charge in [-0.2, -0.15) is 0 Å². The Bertz CT molecular complexity index is 585. The van der Waals surface area contributed by atoms with Crippen molar-refractivity contribution in [3.05, 3.63) is 0 Å². The van der Waals surface area contributed by atoms with E-state index in [-0.39, 0.29) is 6.42 Å². The van der Waals surface area contributed by atoms with E-state index < -0.39 is 66.5 Å². The number of aliphatic hydroxyl groups excluding tert-OH is 2. The molecular weight excluding hydrogens is 398 g/mol. The number of aliphatic hydroxyl groups is 2. The topological polar surface area (TPSA) is 217 Å². The van der Waals surface area contributed by atoms with Crippen LogP contribution in [-0.4, -0.2) is 82.4 Å². The third-order valence-corrected chi connectivity index (χ3v) is 4.45. The number of carboxylic acid groups (broad SMARTS) is 1. The van der Waals surface area contributed by atoms with Gasteiger partial charge in [-0.05, 0) is 38.6 Å². The van der Waals surface area contributed by atoms with Gasteiger partial charge in [-0.15, -0.1) is 0 Å². The van der Waals surface area contributed by atoms with E-state index in [9.17, 15) is 34.5 Å². The molecule has 5 atom stereocenters. The SMILES string of the molecule is CC(C)C(NC(=O)C(CO)NC(=O)C(N)C(C)O)C(=O)NC(CCCCN)C(=O)O. The molecule has 0 saturated heterocycles. The molecule has 0 rings (SSSR count). The number of nitrogens with two attached hydrogens (primary N) is 2. The summed E-state index contributed by atoms with van der Waals surface area (Å²) in [6.45, 7) is 4.21. The lowest BCUT2D eigenvalue weighted by Crippen LogP contribution is -2.60. The quantitative estimate of drug-likeness (QED) is 0.131. The standard InChI is InChI=1S/C18H35N5O7/c1-9(2)14(17(28)21-11(18(29)30)6-4-5-7-19)23-15(26)12(8-24)22-16(27)13(20)10(3)25/h9-14,24-25H,4-8,19-20H2,1-3H3,(H,21,28)(H,22,27)(H,23,26)(H,29,30). The predicted octanol–water partition coefficient (Wildman–Crippen LogP) is -2.99. The molecular formula is C18H35N5O7. The van der Waals surface area contributed by atoms with E-state index in [0.717, 1.165) is 0 Å². The van der Waals surface area contributed by atoms with Crippen LogP contribution in [0.3, 0.4) is 0 Å². The van der Waals surface area contributed by atoms with Gasteiger partial charge in [0.05, 0.1) is 12.7 Å². The number of carbonyl (C=O) groups is 4. The fourth-order valence-corrected chi connectivity index (χ4v) is 2.48. The zero-order chi connectivity index (χ0) is 23.4. The van der Waals surface area contributed by atoms with Gasteiger partial charge in [0, 0.05) is 0 Å². The first-order valence-electron chi connectivity index (χ1n) is 9.84. The van der Waals surface area contributed by atoms with E-state index >= 15 is 0 Å². The number of unbranched alkanes of at least 4 members (excludes halogenated alkanes) is 1. The average molecular weight is 434 g/mol. The number of carbonyl (C=O) groups excluding carboxylic acids is 3. The summed E-state index contributed by atoms with van der Waals surface area (Å²) < 4.78 is 0. The van der Waals surface area contributed by atoms with Crippen molar-refractivity contribution in [3.8, 4) is 0 Å². The second-order valence-corrected chi connectivity index (χ2v) is 7.42. The molecule has 0 aliphatic carbocycles. The maximum atomic E-state index is 12.6. The fraction of sp³-hybridized carbons (Fsp3) is 0.778. The van der Waals surface area contributed by atoms with E-state index in [1.165, 1.54) is 6.92 Å². The van der Waals surface area contributed by atoms with Crippen molar-refractivity contribution in [2.24, 2.45) is 17.4 Å². The molecule has 30 heavy (non-hydrogen) atoms. The Morgan fingerprint density at radius 3 is 1.90 bits per heavy atom. The molecule has 0 saturated carbocycles. The van der Waals surface area contributed by atoms with Crippen LogP contribution in [-0.2, 0) is 19.2 Å². The Balaban J connectivity index is 5.13. The van der Waals surface area contributed by atoms with E-state index in [2.05, 4.69) is 16.0 Å². The summed E-state index contributed by atoms with van der Waals surface area (Å²) in [6.07, 6.45) is 0.128. The van der Waals surface area contributed by atoms with Crippen LogP contribution in [0.25, 0.3) is 0 Å². The second kappa shape index (κ2) is 13.9. The van der Waals surface area contributed by atoms with Crippen molar-refractivity contribution in [3.63, 3.8) is 0 Å². The number of rotatable bonds is 14. The molecule has 12 nitrogen and oxygen atoms in total. The van der Waals surface area contributed by atoms with Crippen LogP contribution in [0.1, 0.15) is 40.0 Å². The molecule has 0 fully saturated rings. The lowest BCUT2D eigenvalue weighted by atomic mass is 10.0. The van der Waals surface area contributed by atoms with Crippen molar-refractivity contribution < 1.29 is 34.5 Å². The summed E-state index contributed by atoms with van der Waals surface area (Å²) in [4.78, 5) is 48.3. The summed E-state index contributed by atoms with van der Waals surface area (Å²) in [7, 11) is 0. The van der Waals surface area contributed by atoms with Gasteiger partial charge >= 0.3 is 5.97 Å². The van der Waals surface area contributed by atoms with E-state index in [1.54, 1.807) is 13.8 Å². The van der Waals surface area contributed by atoms with E-state index in [0.29, 0.717) is 19.4 Å². The van der Waals surface area contributed by atoms with Crippen molar-refractivity contribution in [2.45, 2.75) is 70.3 Å². The number of hydrogen-bond donors (Lipinski definition) is 8. The monoisotopic (exact) mass is 433 g/mol. The fourth-order valence-electron chi connectivity index (χ4n) is 2.48. The van der Waals surface area contributed by atoms with Gasteiger partial charge in [0.1, 0.15) is 24.2 Å². The smallest absolute Gasteiger partial charge is 0.326 e. The molecule has 0 heterocycles. The van der Waals surface area contributed by atoms with Crippen molar-refractivity contribution in [2.75, 3.05) is 13.2 Å². The maximum Gasteiger partial charge on any atom is 0.326 e. The first-order valence-corrected chi connectivity index (χ1v) is 9.84. The highest BCUT2D eigenvalue weighted by atomic mass is 16.4. The summed E-state index contributed by atoms with van der Waals surface area (Å²) in [5.74, 6) is -4.03. The number of aliphatic carboxylic acids is 1. The molecule has 0 aromatic rings. The Kier molecular flexibility index (Phi) is 12.8. The minimum atomic E-state index is -1.41. The lowest BCUT2D eigenvalue weighted by Gasteiger charge is -2.26. The summed E-state index contributed by atoms with van der Waals surface area (Å²) in [5, 5.41) is 35.1. The van der Waals surface area contributed by atoms with Crippen molar-refractivity contribution >= 4 is 23.7 Å². The van der Waals surface area contributed by atoms with Crippen molar-refractivity contribution in [1.82, 2.24) is 16.0 Å². The van der Waals surface area contributed by atoms with Gasteiger partial charge in [-0.3, -0.25) is 14.4 Å². The average Bonchev–Trinajstić information content (AvgIpc) is 2.67. The van der Waals surface area contributed by atoms with Crippen LogP contribution in [0.5, 0.6) is 0 Å². The number of nitrogens with one attached hydrogen (secondary N) is 3. The normalized spacial score (nSPS) is 16.1. The molecule has 0 bridgehead atoms. The number of amides is 3. The van der Waals surface area contributed by atoms with E-state index in [4.69, 9.17) is 11.5 Å². The zero-order valence-electron chi connectivity index (χ0n) is 17.6. The highest BCUT2D eigenvalue weighted by molar-refractivity contribution is 5.94. The predicted molar refractivity (Wildman–Crippen MR) is 108 cm³/mol. The second-order valence-electron chi connectivity index (χ2n) is 7.42. The highest BCUT2D eigenvalue weighted by Crippen LogP contribution is 2.06. The molecule has 0 aromatic heterocycles. The lowest BCUT2D eigenvalue weighted by molar-refractivity contribution is -0.143. The van der Waals surface area contributed by atoms with Crippen LogP contribution in [0.15, 0.2) is 0 Å². The van der Waals surface area contributed by atoms with Crippen molar-refractivity contribution in [1.29, 1.82) is 0 Å². The molecule has 10 N–H and O–H groups in total. The third kappa shape index (κ3) is 9.48. The number of carboxylic acids is 1. The third-order valence-electron chi connectivity index (χ3n) is 4.45. The van der Waals surface area contributed by atoms with Gasteiger partial charge in [-0.1, -0.05) is 13.8 Å². The molecule has 0 spiro atoms. The maximum absolute atomic E-state index is 12.6. The Morgan fingerprint density at radius 2 is 1.47 bits per heavy atom. The molecule has 0 aliphatic heterocycles. The zero-order valence-corrected chi connectivity index (χ0v) is 17.6. The highest BCUT2D eigenvalue weighted by Gasteiger charge is 2.32. The summed E-state index contributed by atoms with van der Waals surface area (Å²) in [6, 6.07) is -4.96. The Hall–Kier alpha value is -2.28. The van der Waals surface area contributed by atoms with E-state index in [1.807, 2.05) is 0 Å². The molecule has 3 amide bonds. The molecule has 5 unspecified atom stereocenters. The molecule has 0 aromatic carbocycles. The minimum Gasteiger partial charge on any atom is -0.480 e. The molecule has 0 aliphatic rings. The van der Waals surface area contributed by atoms with Crippen LogP contribution >= 0.6 is 0 Å². The molecule has 0 radical (unpaired) electrons. The van der Waals surface area contributed by atoms with Gasteiger partial charge in [-0.25, -0.2) is 4.79 Å². The minimum absolute atomic E-state index is 0.184. The summed E-state index contributed by atoms with van der Waals surface area (Å²) in [5.41, 5.74) is 10.9.